The number of rotatable bonds is 5. The molecule has 1 aromatic carbocycles. The topological polar surface area (TPSA) is 77.2 Å². The lowest BCUT2D eigenvalue weighted by Crippen LogP contribution is -2.29. The molecular weight excluding hydrogens is 286 g/mol. The number of carbonyl (C=O) groups is 1. The van der Waals surface area contributed by atoms with Gasteiger partial charge in [0.2, 0.25) is 0 Å². The van der Waals surface area contributed by atoms with Gasteiger partial charge < -0.3 is 4.74 Å². The number of hydrogen-bond acceptors (Lipinski definition) is 5. The Bertz CT molecular complexity index is 647. The van der Waals surface area contributed by atoms with Crippen molar-refractivity contribution in [3.05, 3.63) is 34.8 Å². The lowest BCUT2D eigenvalue weighted by Gasteiger charge is -2.02. The summed E-state index contributed by atoms with van der Waals surface area (Å²) in [7, 11) is 0. The zero-order valence-electron chi connectivity index (χ0n) is 11.8. The van der Waals surface area contributed by atoms with Crippen LogP contribution in [-0.2, 0) is 0 Å². The molecule has 1 fully saturated rings. The molecule has 0 spiro atoms. The van der Waals surface area contributed by atoms with E-state index in [1.54, 1.807) is 0 Å². The summed E-state index contributed by atoms with van der Waals surface area (Å²) in [5.74, 6) is 6.24. The van der Waals surface area contributed by atoms with Gasteiger partial charge in [-0.3, -0.25) is 10.2 Å². The van der Waals surface area contributed by atoms with E-state index in [2.05, 4.69) is 10.4 Å². The van der Waals surface area contributed by atoms with Gasteiger partial charge in [-0.15, -0.1) is 11.3 Å². The van der Waals surface area contributed by atoms with Crippen molar-refractivity contribution >= 4 is 17.2 Å². The maximum absolute atomic E-state index is 11.9. The summed E-state index contributed by atoms with van der Waals surface area (Å²) in [6.45, 7) is 2.59. The second-order valence-corrected chi connectivity index (χ2v) is 5.94. The first kappa shape index (κ1) is 14.0. The Labute approximate surface area is 127 Å². The van der Waals surface area contributed by atoms with E-state index in [1.165, 1.54) is 11.3 Å². The van der Waals surface area contributed by atoms with E-state index < -0.39 is 0 Å². The lowest BCUT2D eigenvalue weighted by atomic mass is 10.2. The van der Waals surface area contributed by atoms with Gasteiger partial charge in [-0.2, -0.15) is 0 Å². The van der Waals surface area contributed by atoms with E-state index >= 15 is 0 Å². The van der Waals surface area contributed by atoms with Crippen molar-refractivity contribution < 1.29 is 9.53 Å². The van der Waals surface area contributed by atoms with E-state index in [0.29, 0.717) is 17.4 Å². The number of nitrogen functional groups attached to an aromatic ring is 1. The largest absolute Gasteiger partial charge is 0.494 e. The van der Waals surface area contributed by atoms with E-state index in [9.17, 15) is 4.79 Å². The number of benzene rings is 1. The van der Waals surface area contributed by atoms with Crippen molar-refractivity contribution in [2.45, 2.75) is 25.7 Å². The Hall–Kier alpha value is -1.92. The normalized spacial score (nSPS) is 14.0. The van der Waals surface area contributed by atoms with Crippen LogP contribution in [0.25, 0.3) is 10.6 Å². The molecule has 110 valence electrons. The summed E-state index contributed by atoms with van der Waals surface area (Å²) in [6, 6.07) is 7.76. The number of hydrogen-bond donors (Lipinski definition) is 2. The number of carbonyl (C=O) groups excluding carboxylic acids is 1. The highest BCUT2D eigenvalue weighted by molar-refractivity contribution is 7.17. The first-order chi connectivity index (χ1) is 10.2. The Morgan fingerprint density at radius 2 is 2.14 bits per heavy atom. The van der Waals surface area contributed by atoms with Crippen LogP contribution in [0.1, 0.15) is 41.0 Å². The van der Waals surface area contributed by atoms with Crippen molar-refractivity contribution in [2.75, 3.05) is 6.61 Å². The quantitative estimate of drug-likeness (QED) is 0.506. The third-order valence-electron chi connectivity index (χ3n) is 3.37. The SMILES string of the molecule is CCOc1ccc(-c2nc(C3CC3)c(C(=O)NN)s2)cc1. The van der Waals surface area contributed by atoms with Crippen molar-refractivity contribution in [1.29, 1.82) is 0 Å². The number of ether oxygens (including phenoxy) is 1. The average molecular weight is 303 g/mol. The van der Waals surface area contributed by atoms with Gasteiger partial charge in [0.25, 0.3) is 5.91 Å². The first-order valence-electron chi connectivity index (χ1n) is 6.97. The molecule has 1 aromatic heterocycles. The van der Waals surface area contributed by atoms with Crippen molar-refractivity contribution in [1.82, 2.24) is 10.4 Å². The minimum absolute atomic E-state index is 0.258. The maximum Gasteiger partial charge on any atom is 0.277 e. The zero-order chi connectivity index (χ0) is 14.8. The molecule has 1 aliphatic rings. The van der Waals surface area contributed by atoms with Crippen LogP contribution in [-0.4, -0.2) is 17.5 Å². The van der Waals surface area contributed by atoms with Gasteiger partial charge in [0, 0.05) is 11.5 Å². The van der Waals surface area contributed by atoms with E-state index in [4.69, 9.17) is 10.6 Å². The van der Waals surface area contributed by atoms with Gasteiger partial charge in [-0.25, -0.2) is 10.8 Å². The van der Waals surface area contributed by atoms with Gasteiger partial charge in [0.1, 0.15) is 15.6 Å². The molecule has 21 heavy (non-hydrogen) atoms. The fourth-order valence-corrected chi connectivity index (χ4v) is 3.24. The molecule has 0 saturated heterocycles. The minimum atomic E-state index is -0.258. The predicted octanol–water partition coefficient (Wildman–Crippen LogP) is 2.69. The number of aromatic nitrogens is 1. The Balaban J connectivity index is 1.92. The summed E-state index contributed by atoms with van der Waals surface area (Å²) < 4.78 is 5.43. The molecule has 1 heterocycles. The number of amides is 1. The Morgan fingerprint density at radius 3 is 2.71 bits per heavy atom. The van der Waals surface area contributed by atoms with E-state index in [1.807, 2.05) is 31.2 Å². The highest BCUT2D eigenvalue weighted by Gasteiger charge is 2.32. The predicted molar refractivity (Wildman–Crippen MR) is 82.3 cm³/mol. The van der Waals surface area contributed by atoms with Crippen LogP contribution in [0.3, 0.4) is 0 Å². The molecule has 0 radical (unpaired) electrons. The molecule has 0 unspecified atom stereocenters. The van der Waals surface area contributed by atoms with Crippen molar-refractivity contribution in [3.8, 4) is 16.3 Å². The van der Waals surface area contributed by atoms with Crippen LogP contribution in [0.15, 0.2) is 24.3 Å². The molecule has 0 bridgehead atoms. The van der Waals surface area contributed by atoms with Gasteiger partial charge in [-0.05, 0) is 44.0 Å². The van der Waals surface area contributed by atoms with Crippen LogP contribution in [0.2, 0.25) is 0 Å². The van der Waals surface area contributed by atoms with Gasteiger partial charge in [0.05, 0.1) is 12.3 Å². The second-order valence-electron chi connectivity index (χ2n) is 4.94. The summed E-state index contributed by atoms with van der Waals surface area (Å²) in [6.07, 6.45) is 2.19. The third kappa shape index (κ3) is 2.91. The second kappa shape index (κ2) is 5.83. The molecule has 6 heteroatoms. The lowest BCUT2D eigenvalue weighted by molar-refractivity contribution is 0.0956. The highest BCUT2D eigenvalue weighted by atomic mass is 32.1. The summed E-state index contributed by atoms with van der Waals surface area (Å²) in [4.78, 5) is 17.1. The number of nitrogens with two attached hydrogens (primary N) is 1. The number of thiazole rings is 1. The Kier molecular flexibility index (Phi) is 3.90. The maximum atomic E-state index is 11.9. The minimum Gasteiger partial charge on any atom is -0.494 e. The average Bonchev–Trinajstić information content (AvgIpc) is 3.26. The molecule has 0 atom stereocenters. The monoisotopic (exact) mass is 303 g/mol. The van der Waals surface area contributed by atoms with Gasteiger partial charge in [0.15, 0.2) is 0 Å². The van der Waals surface area contributed by atoms with Gasteiger partial charge in [-0.1, -0.05) is 0 Å². The standard InChI is InChI=1S/C15H17N3O2S/c1-2-20-11-7-5-10(6-8-11)15-17-12(9-3-4-9)13(21-15)14(19)18-16/h5-9H,2-4,16H2,1H3,(H,18,19). The molecule has 0 aliphatic heterocycles. The molecule has 5 nitrogen and oxygen atoms in total. The third-order valence-corrected chi connectivity index (χ3v) is 4.49. The molecule has 1 aliphatic carbocycles. The summed E-state index contributed by atoms with van der Waals surface area (Å²) in [5.41, 5.74) is 4.08. The van der Waals surface area contributed by atoms with Crippen LogP contribution >= 0.6 is 11.3 Å². The van der Waals surface area contributed by atoms with Crippen LogP contribution < -0.4 is 16.0 Å². The van der Waals surface area contributed by atoms with Gasteiger partial charge >= 0.3 is 0 Å². The van der Waals surface area contributed by atoms with Crippen LogP contribution in [0, 0.1) is 0 Å². The van der Waals surface area contributed by atoms with E-state index in [-0.39, 0.29) is 5.91 Å². The number of nitrogens with one attached hydrogen (secondary N) is 1. The molecule has 1 amide bonds. The number of hydrazine groups is 1. The fraction of sp³-hybridized carbons (Fsp3) is 0.333. The molecular formula is C15H17N3O2S. The van der Waals surface area contributed by atoms with Crippen LogP contribution in [0.4, 0.5) is 0 Å². The molecule has 3 N–H and O–H groups in total. The molecule has 3 rings (SSSR count). The van der Waals surface area contributed by atoms with Crippen LogP contribution in [0.5, 0.6) is 5.75 Å². The fourth-order valence-electron chi connectivity index (χ4n) is 2.18. The van der Waals surface area contributed by atoms with E-state index in [0.717, 1.165) is 34.9 Å². The zero-order valence-corrected chi connectivity index (χ0v) is 12.6. The summed E-state index contributed by atoms with van der Waals surface area (Å²) in [5, 5.41) is 0.846. The highest BCUT2D eigenvalue weighted by Crippen LogP contribution is 2.44. The smallest absolute Gasteiger partial charge is 0.277 e. The first-order valence-corrected chi connectivity index (χ1v) is 7.79. The molecule has 1 saturated carbocycles. The molecule has 2 aromatic rings. The Morgan fingerprint density at radius 1 is 1.43 bits per heavy atom. The van der Waals surface area contributed by atoms with Crippen molar-refractivity contribution in [2.24, 2.45) is 5.84 Å². The van der Waals surface area contributed by atoms with Crippen molar-refractivity contribution in [3.63, 3.8) is 0 Å². The number of nitrogens with zero attached hydrogens (tertiary/aromatic N) is 1. The summed E-state index contributed by atoms with van der Waals surface area (Å²) >= 11 is 1.39.